The molecule has 7 heteroatoms. The third-order valence-electron chi connectivity index (χ3n) is 3.90. The number of rotatable bonds is 3. The number of hydrogen-bond donors (Lipinski definition) is 0. The molecule has 2 unspecified atom stereocenters. The Morgan fingerprint density at radius 1 is 1.26 bits per heavy atom. The van der Waals surface area contributed by atoms with Crippen molar-refractivity contribution in [2.75, 3.05) is 20.7 Å². The quantitative estimate of drug-likeness (QED) is 0.738. The van der Waals surface area contributed by atoms with Crippen LogP contribution in [0, 0.1) is 0 Å². The Morgan fingerprint density at radius 2 is 1.87 bits per heavy atom. The molecule has 0 saturated carbocycles. The van der Waals surface area contributed by atoms with E-state index in [4.69, 9.17) is 9.47 Å². The highest BCUT2D eigenvalue weighted by Gasteiger charge is 2.39. The number of ether oxygens (including phenoxy) is 2. The molecule has 1 aliphatic rings. The van der Waals surface area contributed by atoms with Crippen molar-refractivity contribution in [3.05, 3.63) is 0 Å². The van der Waals surface area contributed by atoms with E-state index in [0.717, 1.165) is 0 Å². The van der Waals surface area contributed by atoms with Crippen molar-refractivity contribution in [1.29, 1.82) is 0 Å². The van der Waals surface area contributed by atoms with Crippen LogP contribution >= 0.6 is 0 Å². The Morgan fingerprint density at radius 3 is 2.35 bits per heavy atom. The van der Waals surface area contributed by atoms with Gasteiger partial charge in [0, 0.05) is 26.1 Å². The Hall–Kier alpha value is -1.79. The molecule has 23 heavy (non-hydrogen) atoms. The van der Waals surface area contributed by atoms with Gasteiger partial charge in [0.2, 0.25) is 5.91 Å². The van der Waals surface area contributed by atoms with Gasteiger partial charge in [0.25, 0.3) is 0 Å². The van der Waals surface area contributed by atoms with E-state index in [1.54, 1.807) is 39.6 Å². The monoisotopic (exact) mass is 328 g/mol. The molecule has 2 amide bonds. The molecule has 0 radical (unpaired) electrons. The summed E-state index contributed by atoms with van der Waals surface area (Å²) in [6, 6.07) is -0.828. The van der Waals surface area contributed by atoms with Crippen molar-refractivity contribution < 1.29 is 23.9 Å². The number of esters is 1. The highest BCUT2D eigenvalue weighted by Crippen LogP contribution is 2.24. The van der Waals surface area contributed by atoms with Gasteiger partial charge in [-0.1, -0.05) is 6.92 Å². The van der Waals surface area contributed by atoms with Crippen LogP contribution in [0.15, 0.2) is 0 Å². The minimum atomic E-state index is -0.656. The maximum absolute atomic E-state index is 12.2. The van der Waals surface area contributed by atoms with Crippen LogP contribution in [0.3, 0.4) is 0 Å². The summed E-state index contributed by atoms with van der Waals surface area (Å²) in [6.07, 6.45) is 0.866. The summed E-state index contributed by atoms with van der Waals surface area (Å²) in [6.45, 7) is 7.59. The minimum absolute atomic E-state index is 0.0845. The summed E-state index contributed by atoms with van der Waals surface area (Å²) in [5.41, 5.74) is -0.577. The van der Waals surface area contributed by atoms with Crippen LogP contribution in [-0.2, 0) is 19.1 Å². The lowest BCUT2D eigenvalue weighted by Gasteiger charge is -2.41. The predicted octanol–water partition coefficient (Wildman–Crippen LogP) is 1.80. The molecule has 0 aromatic rings. The molecule has 132 valence electrons. The molecular formula is C16H28N2O5. The third-order valence-corrected chi connectivity index (χ3v) is 3.90. The Kier molecular flexibility index (Phi) is 6.41. The lowest BCUT2D eigenvalue weighted by Crippen LogP contribution is -2.55. The average Bonchev–Trinajstić information content (AvgIpc) is 2.50. The summed E-state index contributed by atoms with van der Waals surface area (Å²) >= 11 is 0. The summed E-state index contributed by atoms with van der Waals surface area (Å²) in [7, 11) is 2.96. The lowest BCUT2D eigenvalue weighted by molar-refractivity contribution is -0.155. The van der Waals surface area contributed by atoms with E-state index in [0.29, 0.717) is 25.8 Å². The van der Waals surface area contributed by atoms with Gasteiger partial charge >= 0.3 is 12.1 Å². The maximum Gasteiger partial charge on any atom is 0.410 e. The van der Waals surface area contributed by atoms with Gasteiger partial charge in [-0.3, -0.25) is 4.79 Å². The van der Waals surface area contributed by atoms with Crippen LogP contribution < -0.4 is 0 Å². The van der Waals surface area contributed by atoms with E-state index in [-0.39, 0.29) is 11.9 Å². The zero-order valence-electron chi connectivity index (χ0n) is 14.9. The SMILES string of the molecule is CCC(=O)N1CCC(N(C)C(=O)OC(C)(C)C)CC1C(=O)OC. The molecule has 1 aliphatic heterocycles. The highest BCUT2D eigenvalue weighted by molar-refractivity contribution is 5.84. The van der Waals surface area contributed by atoms with E-state index < -0.39 is 23.7 Å². The first-order valence-corrected chi connectivity index (χ1v) is 7.93. The number of amides is 2. The van der Waals surface area contributed by atoms with Crippen molar-refractivity contribution in [3.63, 3.8) is 0 Å². The Bertz CT molecular complexity index is 458. The number of carbonyl (C=O) groups is 3. The minimum Gasteiger partial charge on any atom is -0.467 e. The number of carbonyl (C=O) groups excluding carboxylic acids is 3. The van der Waals surface area contributed by atoms with Gasteiger partial charge in [0.05, 0.1) is 7.11 Å². The zero-order valence-corrected chi connectivity index (χ0v) is 14.9. The van der Waals surface area contributed by atoms with E-state index in [9.17, 15) is 14.4 Å². The van der Waals surface area contributed by atoms with Crippen LogP contribution in [0.5, 0.6) is 0 Å². The van der Waals surface area contributed by atoms with Gasteiger partial charge in [-0.2, -0.15) is 0 Å². The normalized spacial score (nSPS) is 21.6. The van der Waals surface area contributed by atoms with Crippen LogP contribution in [0.1, 0.15) is 47.0 Å². The molecule has 0 aliphatic carbocycles. The predicted molar refractivity (Wildman–Crippen MR) is 84.8 cm³/mol. The molecule has 0 aromatic heterocycles. The smallest absolute Gasteiger partial charge is 0.410 e. The topological polar surface area (TPSA) is 76.2 Å². The second-order valence-corrected chi connectivity index (χ2v) is 6.75. The first kappa shape index (κ1) is 19.3. The van der Waals surface area contributed by atoms with Gasteiger partial charge in [-0.15, -0.1) is 0 Å². The molecule has 1 saturated heterocycles. The Labute approximate surface area is 137 Å². The molecular weight excluding hydrogens is 300 g/mol. The van der Waals surface area contributed by atoms with E-state index in [2.05, 4.69) is 0 Å². The average molecular weight is 328 g/mol. The Balaban J connectivity index is 2.83. The van der Waals surface area contributed by atoms with E-state index in [1.807, 2.05) is 0 Å². The van der Waals surface area contributed by atoms with E-state index >= 15 is 0 Å². The van der Waals surface area contributed by atoms with Gasteiger partial charge < -0.3 is 19.3 Å². The molecule has 0 spiro atoms. The first-order valence-electron chi connectivity index (χ1n) is 7.93. The molecule has 0 N–H and O–H groups in total. The van der Waals surface area contributed by atoms with Crippen molar-refractivity contribution >= 4 is 18.0 Å². The van der Waals surface area contributed by atoms with Gasteiger partial charge in [0.1, 0.15) is 11.6 Å². The third kappa shape index (κ3) is 5.11. The lowest BCUT2D eigenvalue weighted by atomic mass is 9.95. The number of likely N-dealkylation sites (tertiary alicyclic amines) is 1. The van der Waals surface area contributed by atoms with Crippen LogP contribution in [0.4, 0.5) is 4.79 Å². The molecule has 1 heterocycles. The zero-order chi connectivity index (χ0) is 17.8. The molecule has 1 fully saturated rings. The summed E-state index contributed by atoms with van der Waals surface area (Å²) in [5, 5.41) is 0. The van der Waals surface area contributed by atoms with Crippen LogP contribution in [-0.4, -0.2) is 66.2 Å². The maximum atomic E-state index is 12.2. The second kappa shape index (κ2) is 7.66. The fraction of sp³-hybridized carbons (Fsp3) is 0.812. The summed E-state index contributed by atoms with van der Waals surface area (Å²) in [5.74, 6) is -0.534. The van der Waals surface area contributed by atoms with Crippen molar-refractivity contribution in [2.24, 2.45) is 0 Å². The first-order chi connectivity index (χ1) is 10.6. The largest absolute Gasteiger partial charge is 0.467 e. The number of methoxy groups -OCH3 is 1. The van der Waals surface area contributed by atoms with E-state index in [1.165, 1.54) is 12.0 Å². The summed E-state index contributed by atoms with van der Waals surface area (Å²) < 4.78 is 10.2. The molecule has 1 rings (SSSR count). The van der Waals surface area contributed by atoms with Gasteiger partial charge in [0.15, 0.2) is 0 Å². The number of hydrogen-bond acceptors (Lipinski definition) is 5. The van der Waals surface area contributed by atoms with Gasteiger partial charge in [-0.25, -0.2) is 9.59 Å². The fourth-order valence-electron chi connectivity index (χ4n) is 2.64. The molecule has 0 bridgehead atoms. The van der Waals surface area contributed by atoms with Gasteiger partial charge in [-0.05, 0) is 33.6 Å². The molecule has 7 nitrogen and oxygen atoms in total. The number of nitrogens with zero attached hydrogens (tertiary/aromatic N) is 2. The fourth-order valence-corrected chi connectivity index (χ4v) is 2.64. The van der Waals surface area contributed by atoms with Crippen LogP contribution in [0.25, 0.3) is 0 Å². The summed E-state index contributed by atoms with van der Waals surface area (Å²) in [4.78, 5) is 39.3. The number of piperidine rings is 1. The molecule has 2 atom stereocenters. The standard InChI is InChI=1S/C16H28N2O5/c1-7-13(19)18-9-8-11(10-12(18)14(20)22-6)17(5)15(21)23-16(2,3)4/h11-12H,7-10H2,1-6H3. The van der Waals surface area contributed by atoms with Crippen molar-refractivity contribution in [3.8, 4) is 0 Å². The molecule has 0 aromatic carbocycles. The van der Waals surface area contributed by atoms with Crippen molar-refractivity contribution in [1.82, 2.24) is 9.80 Å². The van der Waals surface area contributed by atoms with Crippen molar-refractivity contribution in [2.45, 2.75) is 64.6 Å². The van der Waals surface area contributed by atoms with Crippen LogP contribution in [0.2, 0.25) is 0 Å². The second-order valence-electron chi connectivity index (χ2n) is 6.75. The highest BCUT2D eigenvalue weighted by atomic mass is 16.6.